The highest BCUT2D eigenvalue weighted by molar-refractivity contribution is 5.97. The van der Waals surface area contributed by atoms with Crippen molar-refractivity contribution in [3.63, 3.8) is 0 Å². The van der Waals surface area contributed by atoms with Crippen molar-refractivity contribution in [1.82, 2.24) is 20.1 Å². The summed E-state index contributed by atoms with van der Waals surface area (Å²) in [4.78, 5) is 27.8. The van der Waals surface area contributed by atoms with Gasteiger partial charge < -0.3 is 10.6 Å². The van der Waals surface area contributed by atoms with E-state index in [2.05, 4.69) is 20.7 Å². The van der Waals surface area contributed by atoms with Gasteiger partial charge in [-0.15, -0.1) is 0 Å². The molecule has 142 valence electrons. The third-order valence-corrected chi connectivity index (χ3v) is 3.94. The number of carbonyl (C=O) groups is 2. The fourth-order valence-electron chi connectivity index (χ4n) is 2.50. The van der Waals surface area contributed by atoms with Gasteiger partial charge in [-0.25, -0.2) is 0 Å². The van der Waals surface area contributed by atoms with Crippen LogP contribution in [0.15, 0.2) is 73.2 Å². The van der Waals surface area contributed by atoms with Crippen LogP contribution < -0.4 is 10.6 Å². The van der Waals surface area contributed by atoms with E-state index in [1.807, 2.05) is 42.5 Å². The maximum atomic E-state index is 12.0. The number of aryl methyl sites for hydroxylation is 2. The first-order valence-corrected chi connectivity index (χ1v) is 8.92. The SMILES string of the molecule is O=C(/C=C/c1ccccc1)NCC(=O)Nc1ccn(CCc2ccncc2)n1. The summed E-state index contributed by atoms with van der Waals surface area (Å²) in [6.45, 7) is 0.572. The zero-order valence-electron chi connectivity index (χ0n) is 15.3. The van der Waals surface area contributed by atoms with Gasteiger partial charge in [0.25, 0.3) is 0 Å². The molecule has 2 heterocycles. The molecule has 7 heteroatoms. The molecule has 28 heavy (non-hydrogen) atoms. The Morgan fingerprint density at radius 3 is 2.61 bits per heavy atom. The van der Waals surface area contributed by atoms with E-state index in [0.717, 1.165) is 12.0 Å². The first-order valence-electron chi connectivity index (χ1n) is 8.92. The lowest BCUT2D eigenvalue weighted by molar-refractivity contribution is -0.121. The number of aromatic nitrogens is 3. The standard InChI is InChI=1S/C21H21N5O2/c27-20(7-6-17-4-2-1-3-5-17)23-16-21(28)24-19-11-15-26(25-19)14-10-18-8-12-22-13-9-18/h1-9,11-13,15H,10,14,16H2,(H,23,27)(H,24,25,28)/b7-6+. The molecule has 1 aromatic carbocycles. The molecule has 2 N–H and O–H groups in total. The van der Waals surface area contributed by atoms with Gasteiger partial charge in [0.1, 0.15) is 0 Å². The Morgan fingerprint density at radius 2 is 1.82 bits per heavy atom. The zero-order valence-corrected chi connectivity index (χ0v) is 15.3. The number of carbonyl (C=O) groups excluding carboxylic acids is 2. The van der Waals surface area contributed by atoms with Gasteiger partial charge in [-0.1, -0.05) is 30.3 Å². The quantitative estimate of drug-likeness (QED) is 0.591. The molecule has 0 aliphatic carbocycles. The number of rotatable bonds is 8. The molecular formula is C21H21N5O2. The molecule has 3 aromatic rings. The molecule has 2 aromatic heterocycles. The number of pyridine rings is 1. The maximum absolute atomic E-state index is 12.0. The Bertz CT molecular complexity index is 936. The van der Waals surface area contributed by atoms with Gasteiger partial charge in [0, 0.05) is 37.3 Å². The Morgan fingerprint density at radius 1 is 1.04 bits per heavy atom. The van der Waals surface area contributed by atoms with Crippen LogP contribution in [0.5, 0.6) is 0 Å². The molecule has 0 aliphatic heterocycles. The van der Waals surface area contributed by atoms with Crippen LogP contribution in [0.4, 0.5) is 5.82 Å². The first kappa shape index (κ1) is 19.0. The Kier molecular flexibility index (Phi) is 6.67. The van der Waals surface area contributed by atoms with E-state index in [1.54, 1.807) is 35.4 Å². The second-order valence-electron chi connectivity index (χ2n) is 6.08. The molecule has 7 nitrogen and oxygen atoms in total. The Labute approximate surface area is 163 Å². The van der Waals surface area contributed by atoms with Crippen molar-refractivity contribution < 1.29 is 9.59 Å². The van der Waals surface area contributed by atoms with Crippen molar-refractivity contribution in [2.45, 2.75) is 13.0 Å². The van der Waals surface area contributed by atoms with Gasteiger partial charge in [-0.2, -0.15) is 5.10 Å². The monoisotopic (exact) mass is 375 g/mol. The number of anilines is 1. The van der Waals surface area contributed by atoms with Crippen LogP contribution in [0.25, 0.3) is 6.08 Å². The average molecular weight is 375 g/mol. The van der Waals surface area contributed by atoms with E-state index in [1.165, 1.54) is 11.6 Å². The molecule has 0 atom stereocenters. The normalized spacial score (nSPS) is 10.7. The van der Waals surface area contributed by atoms with Crippen molar-refractivity contribution in [1.29, 1.82) is 0 Å². The summed E-state index contributed by atoms with van der Waals surface area (Å²) in [6.07, 6.45) is 9.23. The van der Waals surface area contributed by atoms with Crippen LogP contribution >= 0.6 is 0 Å². The zero-order chi connectivity index (χ0) is 19.6. The van der Waals surface area contributed by atoms with E-state index in [9.17, 15) is 9.59 Å². The number of hydrogen-bond acceptors (Lipinski definition) is 4. The molecule has 2 amide bonds. The summed E-state index contributed by atoms with van der Waals surface area (Å²) in [6, 6.07) is 15.1. The predicted molar refractivity (Wildman–Crippen MR) is 107 cm³/mol. The summed E-state index contributed by atoms with van der Waals surface area (Å²) in [7, 11) is 0. The second-order valence-corrected chi connectivity index (χ2v) is 6.08. The van der Waals surface area contributed by atoms with Crippen LogP contribution in [-0.4, -0.2) is 33.1 Å². The van der Waals surface area contributed by atoms with E-state index < -0.39 is 0 Å². The lowest BCUT2D eigenvalue weighted by atomic mass is 10.2. The van der Waals surface area contributed by atoms with Crippen LogP contribution in [0.1, 0.15) is 11.1 Å². The summed E-state index contributed by atoms with van der Waals surface area (Å²) in [5, 5.41) is 9.53. The molecule has 0 unspecified atom stereocenters. The number of nitrogens with one attached hydrogen (secondary N) is 2. The lowest BCUT2D eigenvalue weighted by Gasteiger charge is -2.04. The van der Waals surface area contributed by atoms with E-state index in [4.69, 9.17) is 0 Å². The van der Waals surface area contributed by atoms with Crippen molar-refractivity contribution in [2.75, 3.05) is 11.9 Å². The van der Waals surface area contributed by atoms with Crippen LogP contribution in [0.2, 0.25) is 0 Å². The second kappa shape index (κ2) is 9.82. The van der Waals surface area contributed by atoms with Crippen molar-refractivity contribution in [2.24, 2.45) is 0 Å². The minimum absolute atomic E-state index is 0.123. The minimum Gasteiger partial charge on any atom is -0.343 e. The molecule has 0 radical (unpaired) electrons. The highest BCUT2D eigenvalue weighted by atomic mass is 16.2. The van der Waals surface area contributed by atoms with Crippen molar-refractivity contribution in [3.05, 3.63) is 84.3 Å². The molecule has 3 rings (SSSR count). The predicted octanol–water partition coefficient (Wildman–Crippen LogP) is 2.29. The molecular weight excluding hydrogens is 354 g/mol. The van der Waals surface area contributed by atoms with Gasteiger partial charge in [0.2, 0.25) is 11.8 Å². The molecule has 0 bridgehead atoms. The highest BCUT2D eigenvalue weighted by Gasteiger charge is 2.06. The maximum Gasteiger partial charge on any atom is 0.244 e. The van der Waals surface area contributed by atoms with Gasteiger partial charge in [0.05, 0.1) is 6.54 Å². The summed E-state index contributed by atoms with van der Waals surface area (Å²) in [5.41, 5.74) is 2.08. The number of hydrogen-bond donors (Lipinski definition) is 2. The first-order chi connectivity index (χ1) is 13.7. The number of nitrogens with zero attached hydrogens (tertiary/aromatic N) is 3. The largest absolute Gasteiger partial charge is 0.343 e. The highest BCUT2D eigenvalue weighted by Crippen LogP contribution is 2.05. The minimum atomic E-state index is -0.333. The fraction of sp³-hybridized carbons (Fsp3) is 0.143. The molecule has 0 spiro atoms. The Balaban J connectivity index is 1.40. The van der Waals surface area contributed by atoms with Crippen LogP contribution in [0.3, 0.4) is 0 Å². The summed E-state index contributed by atoms with van der Waals surface area (Å²) in [5.74, 6) is -0.212. The van der Waals surface area contributed by atoms with Crippen molar-refractivity contribution >= 4 is 23.7 Å². The van der Waals surface area contributed by atoms with Gasteiger partial charge >= 0.3 is 0 Å². The number of benzene rings is 1. The van der Waals surface area contributed by atoms with Gasteiger partial charge in [0.15, 0.2) is 5.82 Å². The number of amides is 2. The van der Waals surface area contributed by atoms with E-state index in [-0.39, 0.29) is 18.4 Å². The Hall–Kier alpha value is -3.74. The van der Waals surface area contributed by atoms with Gasteiger partial charge in [-0.05, 0) is 35.8 Å². The lowest BCUT2D eigenvalue weighted by Crippen LogP contribution is -2.31. The van der Waals surface area contributed by atoms with E-state index in [0.29, 0.717) is 12.4 Å². The molecule has 0 saturated heterocycles. The third kappa shape index (κ3) is 6.21. The average Bonchev–Trinajstić information content (AvgIpc) is 3.18. The van der Waals surface area contributed by atoms with Crippen molar-refractivity contribution in [3.8, 4) is 0 Å². The molecule has 0 fully saturated rings. The van der Waals surface area contributed by atoms with Crippen LogP contribution in [-0.2, 0) is 22.6 Å². The van der Waals surface area contributed by atoms with Gasteiger partial charge in [-0.3, -0.25) is 19.3 Å². The topological polar surface area (TPSA) is 88.9 Å². The smallest absolute Gasteiger partial charge is 0.244 e. The van der Waals surface area contributed by atoms with E-state index >= 15 is 0 Å². The summed E-state index contributed by atoms with van der Waals surface area (Å²) < 4.78 is 1.76. The third-order valence-electron chi connectivity index (χ3n) is 3.94. The van der Waals surface area contributed by atoms with Crippen LogP contribution in [0, 0.1) is 0 Å². The fourth-order valence-corrected chi connectivity index (χ4v) is 2.50. The molecule has 0 saturated carbocycles. The summed E-state index contributed by atoms with van der Waals surface area (Å²) >= 11 is 0. The molecule has 0 aliphatic rings.